The first-order chi connectivity index (χ1) is 11.3. The van der Waals surface area contributed by atoms with Crippen molar-refractivity contribution < 1.29 is 9.30 Å². The number of hydrogen-bond donors (Lipinski definition) is 0. The minimum Gasteiger partial charge on any atom is -0.469 e. The van der Waals surface area contributed by atoms with E-state index in [0.717, 1.165) is 29.2 Å². The van der Waals surface area contributed by atoms with Gasteiger partial charge in [0.15, 0.2) is 0 Å². The van der Waals surface area contributed by atoms with Gasteiger partial charge < -0.3 is 13.9 Å². The van der Waals surface area contributed by atoms with Crippen LogP contribution in [-0.4, -0.2) is 4.57 Å². The van der Waals surface area contributed by atoms with Crippen LogP contribution in [0.3, 0.4) is 0 Å². The molecule has 3 nitrogen and oxygen atoms in total. The molecule has 1 aliphatic rings. The van der Waals surface area contributed by atoms with Crippen LogP contribution in [0.4, 0.5) is 0 Å². The Morgan fingerprint density at radius 2 is 1.92 bits per heavy atom. The van der Waals surface area contributed by atoms with Gasteiger partial charge in [-0.2, -0.15) is 0 Å². The van der Waals surface area contributed by atoms with Gasteiger partial charge in [0.2, 0.25) is 6.33 Å². The third-order valence-corrected chi connectivity index (χ3v) is 4.55. The third kappa shape index (κ3) is 2.31. The van der Waals surface area contributed by atoms with Gasteiger partial charge in [0.05, 0.1) is 23.3 Å². The number of para-hydroxylation sites is 1. The highest BCUT2D eigenvalue weighted by molar-refractivity contribution is 5.81. The summed E-state index contributed by atoms with van der Waals surface area (Å²) >= 11 is 0. The van der Waals surface area contributed by atoms with Crippen molar-refractivity contribution in [2.75, 3.05) is 0 Å². The predicted molar refractivity (Wildman–Crippen MR) is 95.9 cm³/mol. The minimum atomic E-state index is 0.0998. The summed E-state index contributed by atoms with van der Waals surface area (Å²) in [5.74, 6) is 2.38. The molecule has 0 saturated heterocycles. The van der Waals surface area contributed by atoms with E-state index in [2.05, 4.69) is 80.4 Å². The first-order valence-electron chi connectivity index (χ1n) is 8.64. The molecule has 1 aromatic heterocycles. The molecule has 0 fully saturated rings. The molecule has 24 heavy (non-hydrogen) atoms. The van der Waals surface area contributed by atoms with Gasteiger partial charge in [0, 0.05) is 0 Å². The molecule has 124 valence electrons. The Morgan fingerprint density at radius 1 is 1.12 bits per heavy atom. The summed E-state index contributed by atoms with van der Waals surface area (Å²) in [7, 11) is 0. The van der Waals surface area contributed by atoms with E-state index < -0.39 is 0 Å². The van der Waals surface area contributed by atoms with Gasteiger partial charge >= 0.3 is 0 Å². The summed E-state index contributed by atoms with van der Waals surface area (Å²) in [6.07, 6.45) is 3.53. The molecule has 0 atom stereocenters. The fraction of sp³-hybridized carbons (Fsp3) is 0.381. The van der Waals surface area contributed by atoms with Crippen molar-refractivity contribution in [3.8, 4) is 17.2 Å². The number of imidazole rings is 1. The highest BCUT2D eigenvalue weighted by Gasteiger charge is 2.24. The second-order valence-electron chi connectivity index (χ2n) is 8.10. The van der Waals surface area contributed by atoms with Crippen molar-refractivity contribution in [3.05, 3.63) is 48.3 Å². The molecule has 0 saturated carbocycles. The zero-order valence-electron chi connectivity index (χ0n) is 15.1. The van der Waals surface area contributed by atoms with Crippen LogP contribution in [0.1, 0.15) is 40.2 Å². The van der Waals surface area contributed by atoms with Crippen LogP contribution < -0.4 is 9.30 Å². The normalized spacial score (nSPS) is 13.2. The fourth-order valence-corrected chi connectivity index (χ4v) is 3.30. The van der Waals surface area contributed by atoms with E-state index in [9.17, 15) is 0 Å². The molecule has 0 amide bonds. The first-order valence-corrected chi connectivity index (χ1v) is 8.64. The molecule has 3 aromatic rings. The average Bonchev–Trinajstić information content (AvgIpc) is 2.86. The molecular weight excluding hydrogens is 296 g/mol. The van der Waals surface area contributed by atoms with Crippen LogP contribution in [0.25, 0.3) is 16.7 Å². The van der Waals surface area contributed by atoms with Gasteiger partial charge in [-0.15, -0.1) is 0 Å². The van der Waals surface area contributed by atoms with Crippen LogP contribution in [0, 0.1) is 12.2 Å². The van der Waals surface area contributed by atoms with E-state index in [4.69, 9.17) is 4.74 Å². The summed E-state index contributed by atoms with van der Waals surface area (Å²) in [6.45, 7) is 12.1. The molecule has 0 aliphatic carbocycles. The first kappa shape index (κ1) is 15.3. The Kier molecular flexibility index (Phi) is 3.24. The van der Waals surface area contributed by atoms with Crippen molar-refractivity contribution in [2.24, 2.45) is 5.92 Å². The monoisotopic (exact) mass is 320 g/mol. The number of hydrogen-bond acceptors (Lipinski definition) is 1. The van der Waals surface area contributed by atoms with E-state index in [0.29, 0.717) is 5.92 Å². The number of rotatable bonds is 2. The van der Waals surface area contributed by atoms with Crippen LogP contribution in [-0.2, 0) is 12.0 Å². The van der Waals surface area contributed by atoms with Gasteiger partial charge in [-0.3, -0.25) is 0 Å². The van der Waals surface area contributed by atoms with E-state index in [-0.39, 0.29) is 5.41 Å². The van der Waals surface area contributed by atoms with E-state index in [1.165, 1.54) is 11.1 Å². The van der Waals surface area contributed by atoms with Gasteiger partial charge in [-0.25, -0.2) is 0 Å². The van der Waals surface area contributed by atoms with Crippen molar-refractivity contribution in [1.29, 1.82) is 0 Å². The van der Waals surface area contributed by atoms with Crippen LogP contribution in [0.15, 0.2) is 36.4 Å². The van der Waals surface area contributed by atoms with E-state index in [1.807, 2.05) is 6.07 Å². The number of benzene rings is 2. The molecule has 2 heterocycles. The third-order valence-electron chi connectivity index (χ3n) is 4.55. The maximum absolute atomic E-state index is 6.25. The van der Waals surface area contributed by atoms with Gasteiger partial charge in [0.1, 0.15) is 11.5 Å². The Hall–Kier alpha value is -2.29. The van der Waals surface area contributed by atoms with Crippen molar-refractivity contribution in [2.45, 2.75) is 46.6 Å². The summed E-state index contributed by atoms with van der Waals surface area (Å²) in [5.41, 5.74) is 4.72. The van der Waals surface area contributed by atoms with Crippen molar-refractivity contribution in [3.63, 3.8) is 0 Å². The van der Waals surface area contributed by atoms with Crippen LogP contribution in [0.2, 0.25) is 0 Å². The second kappa shape index (κ2) is 5.10. The average molecular weight is 320 g/mol. The summed E-state index contributed by atoms with van der Waals surface area (Å²) < 4.78 is 10.6. The number of ether oxygens (including phenoxy) is 1. The summed E-state index contributed by atoms with van der Waals surface area (Å²) in [4.78, 5) is 0. The largest absolute Gasteiger partial charge is 0.469 e. The zero-order chi connectivity index (χ0) is 17.1. The van der Waals surface area contributed by atoms with Crippen LogP contribution in [0.5, 0.6) is 11.5 Å². The molecule has 0 spiro atoms. The smallest absolute Gasteiger partial charge is 0.244 e. The molecular formula is C21H24N2O. The summed E-state index contributed by atoms with van der Waals surface area (Å²) in [6, 6.07) is 12.8. The highest BCUT2D eigenvalue weighted by atomic mass is 16.5. The topological polar surface area (TPSA) is 18.0 Å². The molecule has 0 N–H and O–H groups in total. The lowest BCUT2D eigenvalue weighted by atomic mass is 9.87. The van der Waals surface area contributed by atoms with Gasteiger partial charge in [-0.05, 0) is 29.0 Å². The lowest BCUT2D eigenvalue weighted by Crippen LogP contribution is -2.33. The number of fused-ring (bicyclic) bond motifs is 2. The lowest BCUT2D eigenvalue weighted by Gasteiger charge is -2.25. The Balaban J connectivity index is 1.94. The van der Waals surface area contributed by atoms with Crippen molar-refractivity contribution >= 4 is 11.0 Å². The maximum atomic E-state index is 6.25. The number of nitrogens with zero attached hydrogens (tertiary/aromatic N) is 2. The Bertz CT molecular complexity index is 929. The predicted octanol–water partition coefficient (Wildman–Crippen LogP) is 4.78. The van der Waals surface area contributed by atoms with Crippen molar-refractivity contribution in [1.82, 2.24) is 4.57 Å². The molecule has 3 heteroatoms. The minimum absolute atomic E-state index is 0.0998. The molecule has 0 bridgehead atoms. The second-order valence-corrected chi connectivity index (χ2v) is 8.10. The molecule has 0 radical (unpaired) electrons. The van der Waals surface area contributed by atoms with Crippen LogP contribution >= 0.6 is 0 Å². The summed E-state index contributed by atoms with van der Waals surface area (Å²) in [5, 5.41) is 0. The molecule has 1 aliphatic heterocycles. The maximum Gasteiger partial charge on any atom is 0.244 e. The van der Waals surface area contributed by atoms with Gasteiger partial charge in [0.25, 0.3) is 0 Å². The number of aromatic nitrogens is 2. The quantitative estimate of drug-likeness (QED) is 0.384. The molecule has 4 rings (SSSR count). The molecule has 2 aromatic carbocycles. The lowest BCUT2D eigenvalue weighted by molar-refractivity contribution is -0.575. The SMILES string of the molecule is CC(C)Cn1[c-][n+]2c3c(cccc31)Oc1cc(C(C)(C)C)ccc1-2. The standard InChI is InChI=1S/C21H24N2O/c1-14(2)12-22-13-23-16-10-9-15(21(3,4)5)11-19(16)24-18-8-6-7-17(22)20(18)23/h6-11,14H,12H2,1-5H3. The zero-order valence-corrected chi connectivity index (χ0v) is 15.1. The Morgan fingerprint density at radius 3 is 2.62 bits per heavy atom. The molecule has 0 unspecified atom stereocenters. The Labute approximate surface area is 143 Å². The highest BCUT2D eigenvalue weighted by Crippen LogP contribution is 2.38. The fourth-order valence-electron chi connectivity index (χ4n) is 3.30. The van der Waals surface area contributed by atoms with E-state index >= 15 is 0 Å². The van der Waals surface area contributed by atoms with Gasteiger partial charge in [-0.1, -0.05) is 58.9 Å². The van der Waals surface area contributed by atoms with E-state index in [1.54, 1.807) is 0 Å².